The van der Waals surface area contributed by atoms with Crippen LogP contribution in [-0.2, 0) is 0 Å². The van der Waals surface area contributed by atoms with Gasteiger partial charge in [-0.1, -0.05) is 133 Å². The van der Waals surface area contributed by atoms with Crippen LogP contribution in [0.3, 0.4) is 0 Å². The van der Waals surface area contributed by atoms with E-state index < -0.39 is 11.6 Å². The third-order valence-electron chi connectivity index (χ3n) is 11.2. The number of H-pyrrole nitrogens is 2. The largest absolute Gasteiger partial charge is 0.354 e. The zero-order valence-corrected chi connectivity index (χ0v) is 31.0. The predicted octanol–water partition coefficient (Wildman–Crippen LogP) is 12.4. The summed E-state index contributed by atoms with van der Waals surface area (Å²) in [6.45, 7) is 0. The standard InChI is InChI=1S/C52H32N4O2/c57-51-36-20-11-10-19-34(36)35-21-12-22-37(49(35)52(51)58)50-44-29-27-42(55-44)47(32-15-6-2-7-16-32)40-25-23-38(53-40)46(31-13-4-1-5-14-31)39-24-26-41(54-39)48(33-17-8-3-9-18-33)43-28-30-45(50)56-43/h1-30,53,56H. The highest BCUT2D eigenvalue weighted by Crippen LogP contribution is 2.43. The van der Waals surface area contributed by atoms with Crippen molar-refractivity contribution in [2.24, 2.45) is 0 Å². The quantitative estimate of drug-likeness (QED) is 0.176. The fourth-order valence-electron chi connectivity index (χ4n) is 8.60. The maximum atomic E-state index is 14.2. The van der Waals surface area contributed by atoms with Gasteiger partial charge in [-0.25, -0.2) is 9.97 Å². The molecular formula is C52H32N4O2. The molecule has 5 heterocycles. The number of nitrogens with one attached hydrogen (secondary N) is 2. The van der Waals surface area contributed by atoms with Gasteiger partial charge in [-0.15, -0.1) is 0 Å². The van der Waals surface area contributed by atoms with Crippen LogP contribution >= 0.6 is 0 Å². The van der Waals surface area contributed by atoms with E-state index >= 15 is 0 Å². The Labute approximate surface area is 333 Å². The third kappa shape index (κ3) is 5.34. The minimum atomic E-state index is -0.534. The van der Waals surface area contributed by atoms with Gasteiger partial charge in [0, 0.05) is 55.4 Å². The molecule has 3 aromatic heterocycles. The average Bonchev–Trinajstić information content (AvgIpc) is 4.12. The van der Waals surface area contributed by atoms with Crippen molar-refractivity contribution in [3.63, 3.8) is 0 Å². The Balaban J connectivity index is 1.32. The molecule has 0 saturated carbocycles. The molecule has 0 amide bonds. The van der Waals surface area contributed by atoms with E-state index in [-0.39, 0.29) is 0 Å². The molecule has 3 aliphatic rings. The summed E-state index contributed by atoms with van der Waals surface area (Å²) >= 11 is 0. The van der Waals surface area contributed by atoms with E-state index in [1.165, 1.54) is 0 Å². The Hall–Kier alpha value is -7.96. The molecular weight excluding hydrogens is 713 g/mol. The molecule has 6 heteroatoms. The minimum Gasteiger partial charge on any atom is -0.354 e. The van der Waals surface area contributed by atoms with E-state index in [0.717, 1.165) is 83.7 Å². The molecule has 2 N–H and O–H groups in total. The lowest BCUT2D eigenvalue weighted by Gasteiger charge is -2.21. The molecule has 0 saturated heterocycles. The van der Waals surface area contributed by atoms with Gasteiger partial charge in [-0.2, -0.15) is 0 Å². The van der Waals surface area contributed by atoms with Crippen LogP contribution in [0.4, 0.5) is 0 Å². The van der Waals surface area contributed by atoms with Gasteiger partial charge in [0.05, 0.1) is 22.8 Å². The van der Waals surface area contributed by atoms with Gasteiger partial charge in [0.1, 0.15) is 0 Å². The lowest BCUT2D eigenvalue weighted by atomic mass is 9.80. The van der Waals surface area contributed by atoms with Crippen molar-refractivity contribution in [1.82, 2.24) is 19.9 Å². The van der Waals surface area contributed by atoms with Crippen molar-refractivity contribution in [3.8, 4) is 55.6 Å². The molecule has 11 rings (SSSR count). The van der Waals surface area contributed by atoms with Gasteiger partial charge < -0.3 is 9.97 Å². The highest BCUT2D eigenvalue weighted by molar-refractivity contribution is 6.54. The van der Waals surface area contributed by atoms with Gasteiger partial charge in [0.25, 0.3) is 0 Å². The molecule has 8 aromatic rings. The molecule has 58 heavy (non-hydrogen) atoms. The summed E-state index contributed by atoms with van der Waals surface area (Å²) in [5, 5.41) is 0. The molecule has 5 aromatic carbocycles. The maximum Gasteiger partial charge on any atom is 0.234 e. The van der Waals surface area contributed by atoms with Gasteiger partial charge in [0.15, 0.2) is 0 Å². The number of hydrogen-bond donors (Lipinski definition) is 2. The smallest absolute Gasteiger partial charge is 0.234 e. The van der Waals surface area contributed by atoms with Crippen LogP contribution in [0.25, 0.3) is 102 Å². The first kappa shape index (κ1) is 33.4. The van der Waals surface area contributed by atoms with E-state index in [0.29, 0.717) is 27.9 Å². The molecule has 6 nitrogen and oxygen atoms in total. The number of ketones is 2. The first-order valence-corrected chi connectivity index (χ1v) is 19.2. The maximum absolute atomic E-state index is 14.2. The monoisotopic (exact) mass is 744 g/mol. The second-order valence-corrected chi connectivity index (χ2v) is 14.5. The summed E-state index contributed by atoms with van der Waals surface area (Å²) in [5.74, 6) is -1.05. The second kappa shape index (κ2) is 13.4. The second-order valence-electron chi connectivity index (χ2n) is 14.5. The Morgan fingerprint density at radius 3 is 1.12 bits per heavy atom. The SMILES string of the molecule is O=C1C(=O)c2c(cccc2-c2c3nc(c(-c4ccccc4)c4ccc([nH]4)c(-c4ccccc4)c4nc(c(-c5ccccc5)c5ccc2[nH]5)C=C4)C=C3)-c2ccccc21. The summed E-state index contributed by atoms with van der Waals surface area (Å²) in [7, 11) is 0. The number of aromatic nitrogens is 4. The van der Waals surface area contributed by atoms with E-state index in [4.69, 9.17) is 9.97 Å². The number of aromatic amines is 2. The van der Waals surface area contributed by atoms with Gasteiger partial charge >= 0.3 is 0 Å². The molecule has 8 bridgehead atoms. The van der Waals surface area contributed by atoms with Crippen LogP contribution < -0.4 is 0 Å². The number of nitrogens with zero attached hydrogens (tertiary/aromatic N) is 2. The highest BCUT2D eigenvalue weighted by Gasteiger charge is 2.33. The average molecular weight is 745 g/mol. The normalized spacial score (nSPS) is 12.8. The lowest BCUT2D eigenvalue weighted by molar-refractivity contribution is 0.0815. The van der Waals surface area contributed by atoms with Crippen molar-refractivity contribution in [2.45, 2.75) is 0 Å². The summed E-state index contributed by atoms with van der Waals surface area (Å²) < 4.78 is 0. The van der Waals surface area contributed by atoms with Crippen molar-refractivity contribution < 1.29 is 9.59 Å². The van der Waals surface area contributed by atoms with Crippen LogP contribution in [0.5, 0.6) is 0 Å². The summed E-state index contributed by atoms with van der Waals surface area (Å²) in [6.07, 6.45) is 8.21. The highest BCUT2D eigenvalue weighted by atomic mass is 16.2. The molecule has 2 aliphatic heterocycles. The Bertz CT molecular complexity index is 3210. The topological polar surface area (TPSA) is 91.5 Å². The van der Waals surface area contributed by atoms with Crippen molar-refractivity contribution in [3.05, 3.63) is 192 Å². The minimum absolute atomic E-state index is 0.371. The summed E-state index contributed by atoms with van der Waals surface area (Å²) in [5.41, 5.74) is 16.0. The van der Waals surface area contributed by atoms with E-state index in [2.05, 4.69) is 76.7 Å². The fraction of sp³-hybridized carbons (Fsp3) is 0. The molecule has 0 atom stereocenters. The number of carbonyl (C=O) groups is 2. The number of benzene rings is 5. The summed E-state index contributed by atoms with van der Waals surface area (Å²) in [4.78, 5) is 46.3. The van der Waals surface area contributed by atoms with Crippen LogP contribution in [0.2, 0.25) is 0 Å². The zero-order valence-electron chi connectivity index (χ0n) is 31.0. The van der Waals surface area contributed by atoms with E-state index in [9.17, 15) is 9.59 Å². The molecule has 0 fully saturated rings. The lowest BCUT2D eigenvalue weighted by Crippen LogP contribution is -2.22. The van der Waals surface area contributed by atoms with Crippen molar-refractivity contribution in [1.29, 1.82) is 0 Å². The van der Waals surface area contributed by atoms with E-state index in [1.54, 1.807) is 12.1 Å². The summed E-state index contributed by atoms with van der Waals surface area (Å²) in [6, 6.07) is 52.3. The van der Waals surface area contributed by atoms with Crippen LogP contribution in [0.1, 0.15) is 43.5 Å². The molecule has 272 valence electrons. The van der Waals surface area contributed by atoms with Crippen molar-refractivity contribution >= 4 is 57.9 Å². The van der Waals surface area contributed by atoms with Crippen LogP contribution in [-0.4, -0.2) is 31.5 Å². The number of rotatable bonds is 4. The van der Waals surface area contributed by atoms with E-state index in [1.807, 2.05) is 103 Å². The third-order valence-corrected chi connectivity index (χ3v) is 11.2. The number of fused-ring (bicyclic) bond motifs is 11. The predicted molar refractivity (Wildman–Crippen MR) is 235 cm³/mol. The molecule has 0 unspecified atom stereocenters. The molecule has 0 spiro atoms. The molecule has 1 aliphatic carbocycles. The zero-order chi connectivity index (χ0) is 38.7. The van der Waals surface area contributed by atoms with Crippen molar-refractivity contribution in [2.75, 3.05) is 0 Å². The number of carbonyl (C=O) groups excluding carboxylic acids is 2. The number of hydrogen-bond acceptors (Lipinski definition) is 4. The first-order valence-electron chi connectivity index (χ1n) is 19.2. The Morgan fingerprint density at radius 1 is 0.293 bits per heavy atom. The van der Waals surface area contributed by atoms with Crippen LogP contribution in [0, 0.1) is 0 Å². The van der Waals surface area contributed by atoms with Gasteiger partial charge in [0.2, 0.25) is 11.6 Å². The number of Topliss-reactive ketones (excluding diaryl/α,β-unsaturated/α-hetero) is 2. The molecule has 0 radical (unpaired) electrons. The van der Waals surface area contributed by atoms with Gasteiger partial charge in [-0.05, 0) is 82.0 Å². The van der Waals surface area contributed by atoms with Crippen LogP contribution in [0.15, 0.2) is 158 Å². The Kier molecular flexibility index (Phi) is 7.69. The van der Waals surface area contributed by atoms with Gasteiger partial charge in [-0.3, -0.25) is 9.59 Å². The fourth-order valence-corrected chi connectivity index (χ4v) is 8.60. The first-order chi connectivity index (χ1) is 28.6. The Morgan fingerprint density at radius 2 is 0.655 bits per heavy atom.